The zero-order valence-corrected chi connectivity index (χ0v) is 28.9. The van der Waals surface area contributed by atoms with Crippen LogP contribution in [0.25, 0.3) is 22.2 Å². The van der Waals surface area contributed by atoms with Crippen molar-refractivity contribution in [2.45, 2.75) is 44.8 Å². The van der Waals surface area contributed by atoms with E-state index in [1.807, 2.05) is 48.5 Å². The molecule has 5 aromatic rings. The molecule has 0 spiro atoms. The molecule has 8 heteroatoms. The molecule has 1 amide bonds. The molecular weight excluding hydrogens is 649 g/mol. The van der Waals surface area contributed by atoms with Crippen LogP contribution in [0.1, 0.15) is 70.5 Å². The molecule has 3 aliphatic rings. The molecule has 248 valence electrons. The number of halogens is 2. The maximum atomic E-state index is 14.7. The molecule has 3 unspecified atom stereocenters. The summed E-state index contributed by atoms with van der Waals surface area (Å²) in [6.07, 6.45) is 7.42. The standard InChI is InChI=1S/C41H39Cl2N5O/c1-25-9-7-20-48-39(27-15-17-29(42)18-16-27)32-21-30(43)22-34-36(32)37(40(48)35(25)26-10-3-2-4-11-26)38(45-34)41(49)46-33-14-6-5-12-28(33)23-47-19-8-13-31(44)24-47/h2-7,10-12,14-18,20-22,25,31,39,45H,8-9,13,19,23-24,44H2,1H3,(H,46,49). The summed E-state index contributed by atoms with van der Waals surface area (Å²) in [5.74, 6) is -0.00220. The summed E-state index contributed by atoms with van der Waals surface area (Å²) >= 11 is 13.2. The minimum Gasteiger partial charge on any atom is -0.350 e. The first-order chi connectivity index (χ1) is 23.9. The molecule has 1 fully saturated rings. The number of rotatable bonds is 6. The maximum Gasteiger partial charge on any atom is 0.272 e. The summed E-state index contributed by atoms with van der Waals surface area (Å²) in [5.41, 5.74) is 15.9. The molecule has 49 heavy (non-hydrogen) atoms. The molecule has 4 heterocycles. The van der Waals surface area contributed by atoms with Crippen molar-refractivity contribution >= 4 is 57.0 Å². The average Bonchev–Trinajstić information content (AvgIpc) is 3.39. The van der Waals surface area contributed by atoms with Crippen LogP contribution in [-0.4, -0.2) is 39.8 Å². The fourth-order valence-corrected chi connectivity index (χ4v) is 8.34. The van der Waals surface area contributed by atoms with Gasteiger partial charge in [0.15, 0.2) is 0 Å². The van der Waals surface area contributed by atoms with Crippen molar-refractivity contribution in [2.24, 2.45) is 11.7 Å². The van der Waals surface area contributed by atoms with Gasteiger partial charge in [-0.15, -0.1) is 0 Å². The Morgan fingerprint density at radius 2 is 1.76 bits per heavy atom. The number of carbonyl (C=O) groups excluding carboxylic acids is 1. The first-order valence-electron chi connectivity index (χ1n) is 17.1. The predicted molar refractivity (Wildman–Crippen MR) is 202 cm³/mol. The fraction of sp³-hybridized carbons (Fsp3) is 0.244. The van der Waals surface area contributed by atoms with Gasteiger partial charge < -0.3 is 20.9 Å². The Balaban J connectivity index is 1.33. The lowest BCUT2D eigenvalue weighted by atomic mass is 9.82. The molecule has 1 aromatic heterocycles. The molecule has 4 N–H and O–H groups in total. The number of anilines is 1. The fourth-order valence-electron chi connectivity index (χ4n) is 7.99. The minimum absolute atomic E-state index is 0.179. The molecule has 6 nitrogen and oxygen atoms in total. The van der Waals surface area contributed by atoms with E-state index in [2.05, 4.69) is 81.8 Å². The Morgan fingerprint density at radius 1 is 0.980 bits per heavy atom. The van der Waals surface area contributed by atoms with Gasteiger partial charge in [0.05, 0.1) is 11.7 Å². The number of carbonyl (C=O) groups is 1. The van der Waals surface area contributed by atoms with Gasteiger partial charge in [-0.25, -0.2) is 0 Å². The highest BCUT2D eigenvalue weighted by Gasteiger charge is 2.39. The average molecular weight is 689 g/mol. The van der Waals surface area contributed by atoms with E-state index in [1.165, 1.54) is 5.57 Å². The quantitative estimate of drug-likeness (QED) is 0.166. The number of aromatic amines is 1. The van der Waals surface area contributed by atoms with Crippen molar-refractivity contribution in [3.63, 3.8) is 0 Å². The lowest BCUT2D eigenvalue weighted by Crippen LogP contribution is -2.42. The first-order valence-corrected chi connectivity index (χ1v) is 17.8. The zero-order valence-electron chi connectivity index (χ0n) is 27.4. The van der Waals surface area contributed by atoms with E-state index < -0.39 is 0 Å². The molecule has 0 bridgehead atoms. The van der Waals surface area contributed by atoms with Crippen molar-refractivity contribution in [2.75, 3.05) is 18.4 Å². The van der Waals surface area contributed by atoms with Gasteiger partial charge >= 0.3 is 0 Å². The van der Waals surface area contributed by atoms with Crippen molar-refractivity contribution in [3.8, 4) is 0 Å². The number of nitrogens with two attached hydrogens (primary N) is 1. The van der Waals surface area contributed by atoms with Crippen LogP contribution in [0, 0.1) is 5.92 Å². The monoisotopic (exact) mass is 687 g/mol. The van der Waals surface area contributed by atoms with Gasteiger partial charge in [0.1, 0.15) is 5.69 Å². The van der Waals surface area contributed by atoms with Crippen LogP contribution < -0.4 is 11.1 Å². The van der Waals surface area contributed by atoms with Gasteiger partial charge in [-0.3, -0.25) is 9.69 Å². The van der Waals surface area contributed by atoms with Gasteiger partial charge in [-0.05, 0) is 89.9 Å². The highest BCUT2D eigenvalue weighted by atomic mass is 35.5. The van der Waals surface area contributed by atoms with E-state index in [0.717, 1.165) is 89.0 Å². The Kier molecular flexibility index (Phi) is 8.58. The summed E-state index contributed by atoms with van der Waals surface area (Å²) in [6, 6.07) is 30.6. The largest absolute Gasteiger partial charge is 0.350 e. The normalized spacial score (nSPS) is 20.7. The van der Waals surface area contributed by atoms with Crippen LogP contribution in [-0.2, 0) is 6.54 Å². The molecule has 0 saturated carbocycles. The van der Waals surface area contributed by atoms with Crippen LogP contribution in [0.3, 0.4) is 0 Å². The van der Waals surface area contributed by atoms with Crippen LogP contribution in [0.15, 0.2) is 103 Å². The van der Waals surface area contributed by atoms with Crippen LogP contribution >= 0.6 is 23.2 Å². The number of hydrogen-bond donors (Lipinski definition) is 3. The Labute approximate surface area is 297 Å². The van der Waals surface area contributed by atoms with Gasteiger partial charge in [0, 0.05) is 57.5 Å². The predicted octanol–water partition coefficient (Wildman–Crippen LogP) is 9.48. The van der Waals surface area contributed by atoms with E-state index in [0.29, 0.717) is 15.7 Å². The highest BCUT2D eigenvalue weighted by Crippen LogP contribution is 2.52. The van der Waals surface area contributed by atoms with E-state index in [4.69, 9.17) is 28.9 Å². The number of piperidine rings is 1. The summed E-state index contributed by atoms with van der Waals surface area (Å²) in [6.45, 7) is 4.85. The number of para-hydroxylation sites is 1. The molecule has 8 rings (SSSR count). The van der Waals surface area contributed by atoms with E-state index in [-0.39, 0.29) is 23.9 Å². The minimum atomic E-state index is -0.193. The van der Waals surface area contributed by atoms with Crippen LogP contribution in [0.2, 0.25) is 10.0 Å². The lowest BCUT2D eigenvalue weighted by molar-refractivity contribution is 0.102. The van der Waals surface area contributed by atoms with Crippen LogP contribution in [0.4, 0.5) is 5.69 Å². The number of benzene rings is 4. The van der Waals surface area contributed by atoms with Crippen molar-refractivity contribution in [1.82, 2.24) is 14.8 Å². The molecule has 3 aliphatic heterocycles. The van der Waals surface area contributed by atoms with E-state index in [1.54, 1.807) is 0 Å². The number of hydrogen-bond acceptors (Lipinski definition) is 4. The smallest absolute Gasteiger partial charge is 0.272 e. The number of fused-ring (bicyclic) bond motifs is 2. The van der Waals surface area contributed by atoms with E-state index in [9.17, 15) is 4.79 Å². The van der Waals surface area contributed by atoms with Crippen molar-refractivity contribution in [3.05, 3.63) is 147 Å². The number of aromatic nitrogens is 1. The lowest BCUT2D eigenvalue weighted by Gasteiger charge is -2.39. The second-order valence-electron chi connectivity index (χ2n) is 13.6. The number of H-pyrrole nitrogens is 1. The second kappa shape index (κ2) is 13.2. The topological polar surface area (TPSA) is 77.4 Å². The summed E-state index contributed by atoms with van der Waals surface area (Å²) < 4.78 is 0. The van der Waals surface area contributed by atoms with Crippen molar-refractivity contribution < 1.29 is 4.79 Å². The van der Waals surface area contributed by atoms with Gasteiger partial charge in [0.2, 0.25) is 0 Å². The Bertz CT molecular complexity index is 2100. The molecule has 0 aliphatic carbocycles. The first kappa shape index (κ1) is 31.9. The summed E-state index contributed by atoms with van der Waals surface area (Å²) in [5, 5.41) is 5.61. The zero-order chi connectivity index (χ0) is 33.6. The van der Waals surface area contributed by atoms with Gasteiger partial charge in [0.25, 0.3) is 5.91 Å². The number of nitrogens with one attached hydrogen (secondary N) is 2. The highest BCUT2D eigenvalue weighted by molar-refractivity contribution is 6.32. The number of nitrogens with zero attached hydrogens (tertiary/aromatic N) is 2. The Hall–Kier alpha value is -4.33. The number of likely N-dealkylation sites (tertiary alicyclic amines) is 1. The Morgan fingerprint density at radius 3 is 2.55 bits per heavy atom. The van der Waals surface area contributed by atoms with E-state index >= 15 is 0 Å². The third-order valence-electron chi connectivity index (χ3n) is 10.2. The third kappa shape index (κ3) is 5.97. The maximum absolute atomic E-state index is 14.7. The molecule has 1 saturated heterocycles. The molecule has 0 radical (unpaired) electrons. The summed E-state index contributed by atoms with van der Waals surface area (Å²) in [4.78, 5) is 22.9. The van der Waals surface area contributed by atoms with Crippen molar-refractivity contribution in [1.29, 1.82) is 0 Å². The number of allylic oxidation sites excluding steroid dienone is 2. The second-order valence-corrected chi connectivity index (χ2v) is 14.4. The van der Waals surface area contributed by atoms with Crippen LogP contribution in [0.5, 0.6) is 0 Å². The molecule has 4 aromatic carbocycles. The molecule has 3 atom stereocenters. The number of amides is 1. The van der Waals surface area contributed by atoms with Gasteiger partial charge in [-0.2, -0.15) is 0 Å². The van der Waals surface area contributed by atoms with Gasteiger partial charge in [-0.1, -0.05) is 96.9 Å². The summed E-state index contributed by atoms with van der Waals surface area (Å²) in [7, 11) is 0. The molecular formula is C41H39Cl2N5O. The SMILES string of the molecule is CC1CC=CN2C(=C1c1ccccc1)c1c(C(=O)Nc3ccccc3CN3CCCC(N)C3)[nH]c3cc(Cl)cc(c13)C2c1ccc(Cl)cc1. The third-order valence-corrected chi connectivity index (χ3v) is 10.6.